The van der Waals surface area contributed by atoms with E-state index in [1.165, 1.54) is 5.56 Å². The lowest BCUT2D eigenvalue weighted by Crippen LogP contribution is -2.47. The van der Waals surface area contributed by atoms with Gasteiger partial charge in [0.05, 0.1) is 25.4 Å². The molecular formula is C30H36N2O3. The molecule has 4 rings (SSSR count). The van der Waals surface area contributed by atoms with Crippen molar-refractivity contribution in [2.45, 2.75) is 39.1 Å². The van der Waals surface area contributed by atoms with Crippen LogP contribution in [0.4, 0.5) is 0 Å². The van der Waals surface area contributed by atoms with Crippen molar-refractivity contribution in [2.75, 3.05) is 26.7 Å². The molecule has 0 radical (unpaired) electrons. The number of fused-ring (bicyclic) bond motifs is 3. The highest BCUT2D eigenvalue weighted by Crippen LogP contribution is 2.31. The van der Waals surface area contributed by atoms with Gasteiger partial charge in [-0.25, -0.2) is 0 Å². The summed E-state index contributed by atoms with van der Waals surface area (Å²) in [6, 6.07) is 26.0. The number of rotatable bonds is 6. The average molecular weight is 473 g/mol. The minimum absolute atomic E-state index is 0.0536. The van der Waals surface area contributed by atoms with Crippen LogP contribution in [0, 0.1) is 5.92 Å². The highest BCUT2D eigenvalue weighted by Gasteiger charge is 2.30. The van der Waals surface area contributed by atoms with Gasteiger partial charge in [0.15, 0.2) is 0 Å². The van der Waals surface area contributed by atoms with E-state index < -0.39 is 0 Å². The van der Waals surface area contributed by atoms with E-state index in [-0.39, 0.29) is 30.6 Å². The van der Waals surface area contributed by atoms with E-state index in [9.17, 15) is 9.90 Å². The molecule has 0 saturated heterocycles. The molecule has 0 unspecified atom stereocenters. The molecule has 0 bridgehead atoms. The van der Waals surface area contributed by atoms with E-state index in [0.29, 0.717) is 18.7 Å². The molecule has 184 valence electrons. The molecule has 1 aliphatic rings. The topological polar surface area (TPSA) is 53.0 Å². The summed E-state index contributed by atoms with van der Waals surface area (Å²) >= 11 is 0. The summed E-state index contributed by atoms with van der Waals surface area (Å²) in [6.07, 6.45) is -0.0841. The Kier molecular flexibility index (Phi) is 8.34. The van der Waals surface area contributed by atoms with Gasteiger partial charge in [0, 0.05) is 31.1 Å². The SMILES string of the molecule is C[C@@H]1CN([C@H](C)CO)C(=O)c2ccccc2-c2ccccc2CO[C@@H]1CN(C)Cc1ccccc1. The van der Waals surface area contributed by atoms with Crippen molar-refractivity contribution in [3.05, 3.63) is 95.6 Å². The Labute approximate surface area is 209 Å². The molecule has 5 nitrogen and oxygen atoms in total. The van der Waals surface area contributed by atoms with E-state index in [4.69, 9.17) is 4.74 Å². The Balaban J connectivity index is 1.68. The van der Waals surface area contributed by atoms with Gasteiger partial charge in [0.2, 0.25) is 0 Å². The van der Waals surface area contributed by atoms with Gasteiger partial charge in [-0.15, -0.1) is 0 Å². The molecule has 1 aliphatic heterocycles. The van der Waals surface area contributed by atoms with Crippen LogP contribution in [0.3, 0.4) is 0 Å². The van der Waals surface area contributed by atoms with Crippen LogP contribution in [0.1, 0.15) is 35.3 Å². The molecule has 3 atom stereocenters. The molecule has 0 spiro atoms. The third-order valence-corrected chi connectivity index (χ3v) is 6.88. The number of aliphatic hydroxyl groups excluding tert-OH is 1. The molecule has 0 saturated carbocycles. The van der Waals surface area contributed by atoms with Crippen LogP contribution >= 0.6 is 0 Å². The third-order valence-electron chi connectivity index (χ3n) is 6.88. The van der Waals surface area contributed by atoms with Crippen molar-refractivity contribution >= 4 is 5.91 Å². The summed E-state index contributed by atoms with van der Waals surface area (Å²) in [7, 11) is 2.11. The summed E-state index contributed by atoms with van der Waals surface area (Å²) in [5.74, 6) is 0.0192. The second kappa shape index (κ2) is 11.6. The first-order chi connectivity index (χ1) is 17.0. The molecule has 3 aromatic rings. The normalized spacial score (nSPS) is 19.6. The first-order valence-electron chi connectivity index (χ1n) is 12.4. The first-order valence-corrected chi connectivity index (χ1v) is 12.4. The third kappa shape index (κ3) is 5.99. The van der Waals surface area contributed by atoms with Gasteiger partial charge in [0.25, 0.3) is 5.91 Å². The predicted octanol–water partition coefficient (Wildman–Crippen LogP) is 4.84. The summed E-state index contributed by atoms with van der Waals surface area (Å²) < 4.78 is 6.59. The number of benzene rings is 3. The highest BCUT2D eigenvalue weighted by atomic mass is 16.5. The maximum Gasteiger partial charge on any atom is 0.254 e. The summed E-state index contributed by atoms with van der Waals surface area (Å²) in [6.45, 7) is 6.50. The van der Waals surface area contributed by atoms with Crippen molar-refractivity contribution in [2.24, 2.45) is 5.92 Å². The van der Waals surface area contributed by atoms with Gasteiger partial charge >= 0.3 is 0 Å². The van der Waals surface area contributed by atoms with Gasteiger partial charge in [-0.2, -0.15) is 0 Å². The number of carbonyl (C=O) groups is 1. The van der Waals surface area contributed by atoms with Gasteiger partial charge in [-0.3, -0.25) is 9.69 Å². The first kappa shape index (κ1) is 25.1. The lowest BCUT2D eigenvalue weighted by molar-refractivity contribution is -0.0241. The number of nitrogens with zero attached hydrogens (tertiary/aromatic N) is 2. The molecule has 1 amide bonds. The molecular weight excluding hydrogens is 436 g/mol. The summed E-state index contributed by atoms with van der Waals surface area (Å²) in [5.41, 5.74) is 4.90. The molecule has 0 aliphatic carbocycles. The van der Waals surface area contributed by atoms with Crippen LogP contribution < -0.4 is 0 Å². The zero-order valence-electron chi connectivity index (χ0n) is 20.9. The zero-order chi connectivity index (χ0) is 24.8. The molecule has 0 aromatic heterocycles. The van der Waals surface area contributed by atoms with Crippen LogP contribution in [0.2, 0.25) is 0 Å². The standard InChI is InChI=1S/C30H36N2O3/c1-22-17-32(23(2)20-33)30(34)28-16-10-9-15-27(28)26-14-8-7-13-25(26)21-35-29(22)19-31(3)18-24-11-5-4-6-12-24/h4-16,22-23,29,33H,17-21H2,1-3H3/t22-,23-,29-/m1/s1. The van der Waals surface area contributed by atoms with Crippen LogP contribution in [0.5, 0.6) is 0 Å². The Morgan fingerprint density at radius 2 is 1.60 bits per heavy atom. The van der Waals surface area contributed by atoms with E-state index in [0.717, 1.165) is 29.8 Å². The fraction of sp³-hybridized carbons (Fsp3) is 0.367. The van der Waals surface area contributed by atoms with Crippen molar-refractivity contribution in [1.82, 2.24) is 9.80 Å². The minimum atomic E-state index is -0.295. The van der Waals surface area contributed by atoms with E-state index >= 15 is 0 Å². The van der Waals surface area contributed by atoms with E-state index in [1.54, 1.807) is 0 Å². The van der Waals surface area contributed by atoms with Gasteiger partial charge in [-0.05, 0) is 42.3 Å². The van der Waals surface area contributed by atoms with Gasteiger partial charge in [-0.1, -0.05) is 79.7 Å². The Morgan fingerprint density at radius 3 is 2.31 bits per heavy atom. The van der Waals surface area contributed by atoms with Crippen LogP contribution in [-0.2, 0) is 17.9 Å². The number of carbonyl (C=O) groups excluding carboxylic acids is 1. The molecule has 35 heavy (non-hydrogen) atoms. The maximum absolute atomic E-state index is 13.9. The monoisotopic (exact) mass is 472 g/mol. The van der Waals surface area contributed by atoms with E-state index in [2.05, 4.69) is 55.3 Å². The minimum Gasteiger partial charge on any atom is -0.394 e. The molecule has 5 heteroatoms. The number of likely N-dealkylation sites (N-methyl/N-ethyl adjacent to an activating group) is 1. The average Bonchev–Trinajstić information content (AvgIpc) is 2.90. The second-order valence-corrected chi connectivity index (χ2v) is 9.70. The number of amides is 1. The Hall–Kier alpha value is -2.99. The van der Waals surface area contributed by atoms with Crippen molar-refractivity contribution < 1.29 is 14.6 Å². The van der Waals surface area contributed by atoms with Crippen molar-refractivity contribution in [3.63, 3.8) is 0 Å². The fourth-order valence-electron chi connectivity index (χ4n) is 4.82. The van der Waals surface area contributed by atoms with Crippen molar-refractivity contribution in [3.8, 4) is 11.1 Å². The van der Waals surface area contributed by atoms with Crippen LogP contribution in [0.25, 0.3) is 11.1 Å². The van der Waals surface area contributed by atoms with Gasteiger partial charge in [0.1, 0.15) is 0 Å². The quantitative estimate of drug-likeness (QED) is 0.558. The zero-order valence-corrected chi connectivity index (χ0v) is 20.9. The van der Waals surface area contributed by atoms with Gasteiger partial charge < -0.3 is 14.7 Å². The largest absolute Gasteiger partial charge is 0.394 e. The fourth-order valence-corrected chi connectivity index (χ4v) is 4.82. The second-order valence-electron chi connectivity index (χ2n) is 9.70. The van der Waals surface area contributed by atoms with Crippen LogP contribution in [0.15, 0.2) is 78.9 Å². The van der Waals surface area contributed by atoms with Crippen molar-refractivity contribution in [1.29, 1.82) is 0 Å². The number of hydrogen-bond acceptors (Lipinski definition) is 4. The lowest BCUT2D eigenvalue weighted by Gasteiger charge is -2.35. The maximum atomic E-state index is 13.9. The summed E-state index contributed by atoms with van der Waals surface area (Å²) in [5, 5.41) is 9.98. The lowest BCUT2D eigenvalue weighted by atomic mass is 9.94. The number of aliphatic hydroxyl groups is 1. The smallest absolute Gasteiger partial charge is 0.254 e. The molecule has 1 N–H and O–H groups in total. The number of ether oxygens (including phenoxy) is 1. The predicted molar refractivity (Wildman–Crippen MR) is 140 cm³/mol. The summed E-state index contributed by atoms with van der Waals surface area (Å²) in [4.78, 5) is 17.9. The Morgan fingerprint density at radius 1 is 0.971 bits per heavy atom. The Bertz CT molecular complexity index is 1120. The number of hydrogen-bond donors (Lipinski definition) is 1. The molecule has 3 aromatic carbocycles. The molecule has 1 heterocycles. The van der Waals surface area contributed by atoms with Crippen LogP contribution in [-0.4, -0.2) is 59.7 Å². The molecule has 0 fully saturated rings. The highest BCUT2D eigenvalue weighted by molar-refractivity contribution is 6.01. The van der Waals surface area contributed by atoms with E-state index in [1.807, 2.05) is 54.3 Å².